The van der Waals surface area contributed by atoms with E-state index >= 15 is 0 Å². The number of aryl methyl sites for hydroxylation is 1. The summed E-state index contributed by atoms with van der Waals surface area (Å²) in [6.45, 7) is 0.526. The predicted molar refractivity (Wildman–Crippen MR) is 66.9 cm³/mol. The summed E-state index contributed by atoms with van der Waals surface area (Å²) in [6, 6.07) is 0. The van der Waals surface area contributed by atoms with Crippen LogP contribution < -0.4 is 16.6 Å². The summed E-state index contributed by atoms with van der Waals surface area (Å²) in [5.74, 6) is 6.09. The Morgan fingerprint density at radius 1 is 1.32 bits per heavy atom. The van der Waals surface area contributed by atoms with E-state index in [2.05, 4.69) is 35.9 Å². The molecular formula is C10H14N8O. The number of carbonyl (C=O) groups is 1. The summed E-state index contributed by atoms with van der Waals surface area (Å²) < 4.78 is 0. The van der Waals surface area contributed by atoms with Crippen LogP contribution in [-0.4, -0.2) is 37.6 Å². The standard InChI is InChI=1S/C10H14N8O/c11-17-9-5-13-7(4-14-9)10(19)12-3-1-2-8-15-6-16-18-8/h4-6H,1-3,11H2,(H,12,19)(H,14,17)(H,15,16,18). The molecule has 0 fully saturated rings. The normalized spacial score (nSPS) is 10.2. The number of rotatable bonds is 6. The van der Waals surface area contributed by atoms with Gasteiger partial charge in [-0.2, -0.15) is 5.10 Å². The lowest BCUT2D eigenvalue weighted by molar-refractivity contribution is 0.0948. The summed E-state index contributed by atoms with van der Waals surface area (Å²) in [6.07, 6.45) is 5.69. The third kappa shape index (κ3) is 3.71. The number of H-pyrrole nitrogens is 1. The van der Waals surface area contributed by atoms with E-state index in [1.807, 2.05) is 0 Å². The number of hydrazine groups is 1. The van der Waals surface area contributed by atoms with Crippen molar-refractivity contribution in [1.29, 1.82) is 0 Å². The Morgan fingerprint density at radius 3 is 2.84 bits per heavy atom. The maximum Gasteiger partial charge on any atom is 0.271 e. The Balaban J connectivity index is 1.74. The minimum atomic E-state index is -0.270. The van der Waals surface area contributed by atoms with Gasteiger partial charge in [0.15, 0.2) is 5.82 Å². The van der Waals surface area contributed by atoms with Crippen molar-refractivity contribution in [3.05, 3.63) is 30.2 Å². The summed E-state index contributed by atoms with van der Waals surface area (Å²) in [5, 5.41) is 9.24. The third-order valence-electron chi connectivity index (χ3n) is 2.37. The van der Waals surface area contributed by atoms with Crippen molar-refractivity contribution >= 4 is 11.7 Å². The van der Waals surface area contributed by atoms with Crippen molar-refractivity contribution in [2.45, 2.75) is 12.8 Å². The van der Waals surface area contributed by atoms with Crippen LogP contribution >= 0.6 is 0 Å². The Bertz CT molecular complexity index is 509. The maximum absolute atomic E-state index is 11.7. The maximum atomic E-state index is 11.7. The Hall–Kier alpha value is -2.55. The average molecular weight is 262 g/mol. The first-order valence-electron chi connectivity index (χ1n) is 5.70. The highest BCUT2D eigenvalue weighted by Gasteiger charge is 2.07. The topological polar surface area (TPSA) is 134 Å². The number of nitrogens with zero attached hydrogens (tertiary/aromatic N) is 4. The minimum absolute atomic E-state index is 0.249. The zero-order valence-corrected chi connectivity index (χ0v) is 10.1. The highest BCUT2D eigenvalue weighted by molar-refractivity contribution is 5.91. The molecule has 0 aromatic carbocycles. The van der Waals surface area contributed by atoms with Crippen LogP contribution in [0.1, 0.15) is 22.7 Å². The summed E-state index contributed by atoms with van der Waals surface area (Å²) in [5.41, 5.74) is 2.59. The van der Waals surface area contributed by atoms with Gasteiger partial charge in [-0.05, 0) is 6.42 Å². The van der Waals surface area contributed by atoms with E-state index in [9.17, 15) is 4.79 Å². The first-order chi connectivity index (χ1) is 9.29. The number of amides is 1. The van der Waals surface area contributed by atoms with Crippen LogP contribution in [0.5, 0.6) is 0 Å². The molecule has 1 amide bonds. The Morgan fingerprint density at radius 2 is 2.21 bits per heavy atom. The molecule has 0 atom stereocenters. The summed E-state index contributed by atoms with van der Waals surface area (Å²) in [4.78, 5) is 23.5. The lowest BCUT2D eigenvalue weighted by atomic mass is 10.3. The largest absolute Gasteiger partial charge is 0.351 e. The SMILES string of the molecule is NNc1cnc(C(=O)NCCCc2ncn[nH]2)cn1. The van der Waals surface area contributed by atoms with Gasteiger partial charge in [0.1, 0.15) is 17.8 Å². The van der Waals surface area contributed by atoms with Gasteiger partial charge in [0, 0.05) is 13.0 Å². The fourth-order valence-electron chi connectivity index (χ4n) is 1.42. The van der Waals surface area contributed by atoms with Crippen molar-refractivity contribution in [2.75, 3.05) is 12.0 Å². The molecule has 9 heteroatoms. The number of aromatic amines is 1. The van der Waals surface area contributed by atoms with Crippen LogP contribution in [0.25, 0.3) is 0 Å². The van der Waals surface area contributed by atoms with Crippen LogP contribution in [0.2, 0.25) is 0 Å². The number of hydrogen-bond donors (Lipinski definition) is 4. The van der Waals surface area contributed by atoms with E-state index in [1.165, 1.54) is 18.7 Å². The first-order valence-corrected chi connectivity index (χ1v) is 5.70. The number of nitrogens with one attached hydrogen (secondary N) is 3. The van der Waals surface area contributed by atoms with Crippen molar-refractivity contribution in [1.82, 2.24) is 30.5 Å². The molecule has 100 valence electrons. The Labute approximate surface area is 109 Å². The van der Waals surface area contributed by atoms with Gasteiger partial charge >= 0.3 is 0 Å². The number of anilines is 1. The second-order valence-electron chi connectivity index (χ2n) is 3.72. The van der Waals surface area contributed by atoms with Gasteiger partial charge in [0.05, 0.1) is 12.4 Å². The molecule has 0 aliphatic heterocycles. The molecule has 0 radical (unpaired) electrons. The van der Waals surface area contributed by atoms with Gasteiger partial charge in [0.25, 0.3) is 5.91 Å². The second-order valence-corrected chi connectivity index (χ2v) is 3.72. The minimum Gasteiger partial charge on any atom is -0.351 e. The van der Waals surface area contributed by atoms with Gasteiger partial charge in [0.2, 0.25) is 0 Å². The fourth-order valence-corrected chi connectivity index (χ4v) is 1.42. The van der Waals surface area contributed by atoms with Gasteiger partial charge in [-0.15, -0.1) is 0 Å². The van der Waals surface area contributed by atoms with Crippen molar-refractivity contribution in [3.8, 4) is 0 Å². The number of hydrogen-bond acceptors (Lipinski definition) is 7. The zero-order chi connectivity index (χ0) is 13.5. The average Bonchev–Trinajstić information content (AvgIpc) is 2.96. The van der Waals surface area contributed by atoms with E-state index in [-0.39, 0.29) is 11.6 Å². The van der Waals surface area contributed by atoms with Crippen LogP contribution in [0.4, 0.5) is 5.82 Å². The van der Waals surface area contributed by atoms with Crippen LogP contribution in [0, 0.1) is 0 Å². The molecule has 0 aliphatic carbocycles. The lowest BCUT2D eigenvalue weighted by Gasteiger charge is -2.04. The molecule has 9 nitrogen and oxygen atoms in total. The molecule has 2 aromatic heterocycles. The molecule has 0 bridgehead atoms. The molecular weight excluding hydrogens is 248 g/mol. The van der Waals surface area contributed by atoms with Gasteiger partial charge in [-0.1, -0.05) is 0 Å². The molecule has 5 N–H and O–H groups in total. The lowest BCUT2D eigenvalue weighted by Crippen LogP contribution is -2.26. The predicted octanol–water partition coefficient (Wildman–Crippen LogP) is -0.757. The van der Waals surface area contributed by atoms with E-state index in [0.717, 1.165) is 18.7 Å². The third-order valence-corrected chi connectivity index (χ3v) is 2.37. The molecule has 0 spiro atoms. The van der Waals surface area contributed by atoms with Crippen LogP contribution in [0.3, 0.4) is 0 Å². The van der Waals surface area contributed by atoms with Crippen molar-refractivity contribution < 1.29 is 4.79 Å². The van der Waals surface area contributed by atoms with E-state index < -0.39 is 0 Å². The molecule has 0 saturated heterocycles. The molecule has 0 aliphatic rings. The molecule has 0 unspecified atom stereocenters. The zero-order valence-electron chi connectivity index (χ0n) is 10.1. The fraction of sp³-hybridized carbons (Fsp3) is 0.300. The summed E-state index contributed by atoms with van der Waals surface area (Å²) in [7, 11) is 0. The van der Waals surface area contributed by atoms with Crippen molar-refractivity contribution in [3.63, 3.8) is 0 Å². The van der Waals surface area contributed by atoms with Gasteiger partial charge in [-0.3, -0.25) is 9.89 Å². The van der Waals surface area contributed by atoms with Crippen LogP contribution in [-0.2, 0) is 6.42 Å². The molecule has 2 heterocycles. The number of aromatic nitrogens is 5. The second kappa shape index (κ2) is 6.40. The van der Waals surface area contributed by atoms with Gasteiger partial charge < -0.3 is 10.7 Å². The molecule has 19 heavy (non-hydrogen) atoms. The number of carbonyl (C=O) groups excluding carboxylic acids is 1. The van der Waals surface area contributed by atoms with E-state index in [4.69, 9.17) is 5.84 Å². The monoisotopic (exact) mass is 262 g/mol. The van der Waals surface area contributed by atoms with Gasteiger partial charge in [-0.25, -0.2) is 20.8 Å². The molecule has 0 saturated carbocycles. The quantitative estimate of drug-likeness (QED) is 0.305. The molecule has 2 rings (SSSR count). The number of nitrogen functional groups attached to an aromatic ring is 1. The smallest absolute Gasteiger partial charge is 0.271 e. The highest BCUT2D eigenvalue weighted by Crippen LogP contribution is 1.99. The number of nitrogens with two attached hydrogens (primary N) is 1. The van der Waals surface area contributed by atoms with Crippen LogP contribution in [0.15, 0.2) is 18.7 Å². The van der Waals surface area contributed by atoms with E-state index in [0.29, 0.717) is 12.4 Å². The first kappa shape index (κ1) is 12.9. The molecule has 2 aromatic rings. The van der Waals surface area contributed by atoms with Crippen molar-refractivity contribution in [2.24, 2.45) is 5.84 Å². The van der Waals surface area contributed by atoms with E-state index in [1.54, 1.807) is 0 Å². The Kier molecular flexibility index (Phi) is 4.34. The highest BCUT2D eigenvalue weighted by atomic mass is 16.1. The summed E-state index contributed by atoms with van der Waals surface area (Å²) >= 11 is 0.